The highest BCUT2D eigenvalue weighted by Gasteiger charge is 2.19. The van der Waals surface area contributed by atoms with E-state index in [0.717, 1.165) is 11.6 Å². The molecule has 0 bridgehead atoms. The van der Waals surface area contributed by atoms with Crippen molar-refractivity contribution in [2.24, 2.45) is 5.73 Å². The summed E-state index contributed by atoms with van der Waals surface area (Å²) >= 11 is 0. The minimum atomic E-state index is -0.730. The number of fused-ring (bicyclic) bond motifs is 1. The number of carbonyl (C=O) groups excluding carboxylic acids is 1. The van der Waals surface area contributed by atoms with Gasteiger partial charge in [-0.15, -0.1) is 10.2 Å². The van der Waals surface area contributed by atoms with Gasteiger partial charge < -0.3 is 16.0 Å². The van der Waals surface area contributed by atoms with Crippen LogP contribution < -0.4 is 16.0 Å². The van der Waals surface area contributed by atoms with Crippen molar-refractivity contribution in [3.05, 3.63) is 70.9 Å². The van der Waals surface area contributed by atoms with Gasteiger partial charge in [-0.1, -0.05) is 12.1 Å². The molecule has 0 radical (unpaired) electrons. The highest BCUT2D eigenvalue weighted by atomic mass is 19.1. The molecule has 0 aliphatic heterocycles. The average molecular weight is 437 g/mol. The number of nitrogens with two attached hydrogens (primary N) is 1. The van der Waals surface area contributed by atoms with E-state index in [0.29, 0.717) is 34.8 Å². The molecule has 0 saturated carbocycles. The van der Waals surface area contributed by atoms with E-state index in [4.69, 9.17) is 5.73 Å². The predicted octanol–water partition coefficient (Wildman–Crippen LogP) is 3.18. The van der Waals surface area contributed by atoms with E-state index in [1.165, 1.54) is 18.2 Å². The maximum Gasteiger partial charge on any atom is 0.256 e. The number of primary amides is 1. The zero-order chi connectivity index (χ0) is 23.0. The van der Waals surface area contributed by atoms with Gasteiger partial charge in [-0.05, 0) is 42.8 Å². The van der Waals surface area contributed by atoms with Crippen LogP contribution in [-0.4, -0.2) is 39.8 Å². The third-order valence-corrected chi connectivity index (χ3v) is 4.97. The summed E-state index contributed by atoms with van der Waals surface area (Å²) in [6.45, 7) is 2.09. The molecule has 0 saturated heterocycles. The lowest BCUT2D eigenvalue weighted by atomic mass is 10.1. The molecule has 0 aliphatic rings. The third kappa shape index (κ3) is 3.94. The molecule has 0 fully saturated rings. The zero-order valence-electron chi connectivity index (χ0n) is 17.7. The number of hydrogen-bond donors (Lipinski definition) is 2. The fraction of sp³-hybridized carbons (Fsp3) is 0.182. The first-order valence-electron chi connectivity index (χ1n) is 9.76. The molecule has 3 N–H and O–H groups in total. The maximum atomic E-state index is 14.2. The van der Waals surface area contributed by atoms with E-state index in [1.807, 2.05) is 0 Å². The lowest BCUT2D eigenvalue weighted by Crippen LogP contribution is -2.18. The lowest BCUT2D eigenvalue weighted by Gasteiger charge is -2.17. The SMILES string of the molecule is Cc1cc2c(C(N)=O)cc(F)cc2n1-c1nnc(N(C)C)c(NCc2cccc(F)c2)n1. The number of amides is 1. The first kappa shape index (κ1) is 21.2. The standard InChI is InChI=1S/C22H21F2N7O/c1-12-7-16-17(19(25)32)9-15(24)10-18(16)31(12)22-27-20(21(28-29-22)30(2)3)26-11-13-5-4-6-14(23)8-13/h4-10H,11H2,1-3H3,(H2,25,32)(H,26,27,29). The van der Waals surface area contributed by atoms with Crippen LogP contribution in [0.1, 0.15) is 21.6 Å². The molecular weight excluding hydrogens is 416 g/mol. The van der Waals surface area contributed by atoms with Crippen molar-refractivity contribution in [3.8, 4) is 5.95 Å². The number of carbonyl (C=O) groups is 1. The molecule has 8 nitrogen and oxygen atoms in total. The van der Waals surface area contributed by atoms with E-state index in [-0.39, 0.29) is 17.3 Å². The van der Waals surface area contributed by atoms with Gasteiger partial charge in [-0.2, -0.15) is 4.98 Å². The monoisotopic (exact) mass is 437 g/mol. The van der Waals surface area contributed by atoms with Crippen molar-refractivity contribution in [3.63, 3.8) is 0 Å². The van der Waals surface area contributed by atoms with Crippen molar-refractivity contribution in [1.29, 1.82) is 0 Å². The van der Waals surface area contributed by atoms with Crippen LogP contribution in [0.4, 0.5) is 20.4 Å². The third-order valence-electron chi connectivity index (χ3n) is 4.97. The van der Waals surface area contributed by atoms with Crippen molar-refractivity contribution in [2.45, 2.75) is 13.5 Å². The molecule has 0 aliphatic carbocycles. The van der Waals surface area contributed by atoms with Gasteiger partial charge in [0.15, 0.2) is 11.6 Å². The number of halogens is 2. The van der Waals surface area contributed by atoms with E-state index >= 15 is 0 Å². The molecule has 10 heteroatoms. The molecule has 2 heterocycles. The number of aryl methyl sites for hydroxylation is 1. The quantitative estimate of drug-likeness (QED) is 0.480. The summed E-state index contributed by atoms with van der Waals surface area (Å²) < 4.78 is 29.4. The normalized spacial score (nSPS) is 11.0. The Kier molecular flexibility index (Phi) is 5.43. The molecule has 164 valence electrons. The fourth-order valence-corrected chi connectivity index (χ4v) is 3.53. The van der Waals surface area contributed by atoms with Gasteiger partial charge in [0.2, 0.25) is 5.91 Å². The largest absolute Gasteiger partial charge is 0.366 e. The summed E-state index contributed by atoms with van der Waals surface area (Å²) in [6, 6.07) is 10.3. The fourth-order valence-electron chi connectivity index (χ4n) is 3.53. The number of aromatic nitrogens is 4. The molecule has 1 amide bonds. The second-order valence-electron chi connectivity index (χ2n) is 7.53. The maximum absolute atomic E-state index is 14.2. The minimum absolute atomic E-state index is 0.0733. The first-order valence-corrected chi connectivity index (χ1v) is 9.76. The number of anilines is 2. The lowest BCUT2D eigenvalue weighted by molar-refractivity contribution is 0.100. The van der Waals surface area contributed by atoms with Crippen LogP contribution in [0.25, 0.3) is 16.9 Å². The molecule has 2 aromatic carbocycles. The molecule has 32 heavy (non-hydrogen) atoms. The van der Waals surface area contributed by atoms with E-state index < -0.39 is 11.7 Å². The van der Waals surface area contributed by atoms with Crippen LogP contribution in [0.5, 0.6) is 0 Å². The Morgan fingerprint density at radius 1 is 1.12 bits per heavy atom. The van der Waals surface area contributed by atoms with Crippen LogP contribution in [-0.2, 0) is 6.54 Å². The van der Waals surface area contributed by atoms with Crippen molar-refractivity contribution >= 4 is 28.4 Å². The molecule has 0 atom stereocenters. The van der Waals surface area contributed by atoms with Crippen LogP contribution in [0.15, 0.2) is 42.5 Å². The Morgan fingerprint density at radius 3 is 2.59 bits per heavy atom. The summed E-state index contributed by atoms with van der Waals surface area (Å²) in [5, 5.41) is 12.1. The number of rotatable bonds is 6. The van der Waals surface area contributed by atoms with Gasteiger partial charge in [0.05, 0.1) is 11.1 Å². The second-order valence-corrected chi connectivity index (χ2v) is 7.53. The smallest absolute Gasteiger partial charge is 0.256 e. The molecule has 0 spiro atoms. The molecule has 0 unspecified atom stereocenters. The van der Waals surface area contributed by atoms with E-state index in [9.17, 15) is 13.6 Å². The van der Waals surface area contributed by atoms with Crippen molar-refractivity contribution < 1.29 is 13.6 Å². The van der Waals surface area contributed by atoms with Crippen LogP contribution in [0.3, 0.4) is 0 Å². The number of nitrogens with one attached hydrogen (secondary N) is 1. The van der Waals surface area contributed by atoms with Gasteiger partial charge in [0.25, 0.3) is 5.95 Å². The highest BCUT2D eigenvalue weighted by Crippen LogP contribution is 2.28. The number of hydrogen-bond acceptors (Lipinski definition) is 6. The average Bonchev–Trinajstić information content (AvgIpc) is 3.06. The summed E-state index contributed by atoms with van der Waals surface area (Å²) in [7, 11) is 3.59. The van der Waals surface area contributed by atoms with Crippen LogP contribution in [0.2, 0.25) is 0 Å². The Hall–Kier alpha value is -4.08. The second kappa shape index (κ2) is 8.22. The summed E-state index contributed by atoms with van der Waals surface area (Å²) in [4.78, 5) is 18.1. The van der Waals surface area contributed by atoms with Crippen molar-refractivity contribution in [2.75, 3.05) is 24.3 Å². The van der Waals surface area contributed by atoms with Gasteiger partial charge in [-0.25, -0.2) is 8.78 Å². The summed E-state index contributed by atoms with van der Waals surface area (Å²) in [6.07, 6.45) is 0. The molecule has 4 rings (SSSR count). The Morgan fingerprint density at radius 2 is 1.91 bits per heavy atom. The number of benzene rings is 2. The van der Waals surface area contributed by atoms with Gasteiger partial charge in [0, 0.05) is 31.7 Å². The van der Waals surface area contributed by atoms with Gasteiger partial charge in [0.1, 0.15) is 11.6 Å². The van der Waals surface area contributed by atoms with Crippen molar-refractivity contribution in [1.82, 2.24) is 19.7 Å². The Labute approximate surface area is 182 Å². The highest BCUT2D eigenvalue weighted by molar-refractivity contribution is 6.06. The summed E-state index contributed by atoms with van der Waals surface area (Å²) in [5.74, 6) is -0.592. The topological polar surface area (TPSA) is 102 Å². The van der Waals surface area contributed by atoms with E-state index in [2.05, 4.69) is 20.5 Å². The Bertz CT molecular complexity index is 1330. The molecule has 2 aromatic heterocycles. The first-order chi connectivity index (χ1) is 15.2. The number of nitrogens with zero attached hydrogens (tertiary/aromatic N) is 5. The predicted molar refractivity (Wildman–Crippen MR) is 118 cm³/mol. The summed E-state index contributed by atoms with van der Waals surface area (Å²) in [5.41, 5.74) is 7.29. The van der Waals surface area contributed by atoms with Gasteiger partial charge >= 0.3 is 0 Å². The minimum Gasteiger partial charge on any atom is -0.366 e. The molecule has 4 aromatic rings. The zero-order valence-corrected chi connectivity index (χ0v) is 17.7. The van der Waals surface area contributed by atoms with E-state index in [1.54, 1.807) is 48.7 Å². The Balaban J connectivity index is 1.81. The van der Waals surface area contributed by atoms with Crippen LogP contribution >= 0.6 is 0 Å². The van der Waals surface area contributed by atoms with Crippen LogP contribution in [0, 0.1) is 18.6 Å². The molecular formula is C22H21F2N7O. The van der Waals surface area contributed by atoms with Gasteiger partial charge in [-0.3, -0.25) is 9.36 Å².